The summed E-state index contributed by atoms with van der Waals surface area (Å²) in [5.74, 6) is -2.13. The van der Waals surface area contributed by atoms with Gasteiger partial charge in [0, 0.05) is 42.0 Å². The zero-order valence-corrected chi connectivity index (χ0v) is 44.3. The van der Waals surface area contributed by atoms with Gasteiger partial charge in [0.1, 0.15) is 12.1 Å². The maximum Gasteiger partial charge on any atom is 0.266 e. The molecule has 0 aliphatic rings. The Kier molecular flexibility index (Phi) is 27.8. The van der Waals surface area contributed by atoms with Crippen LogP contribution in [-0.2, 0) is 71.4 Å². The Balaban J connectivity index is 1.01. The van der Waals surface area contributed by atoms with Crippen LogP contribution >= 0.6 is 31.9 Å². The van der Waals surface area contributed by atoms with Crippen molar-refractivity contribution in [2.45, 2.75) is 94.8 Å². The van der Waals surface area contributed by atoms with Crippen molar-refractivity contribution in [3.8, 4) is 0 Å². The van der Waals surface area contributed by atoms with Gasteiger partial charge in [-0.05, 0) is 67.6 Å². The number of benzene rings is 3. The van der Waals surface area contributed by atoms with E-state index in [0.717, 1.165) is 47.3 Å². The lowest BCUT2D eigenvalue weighted by molar-refractivity contribution is -0.141. The number of carbonyl (C=O) groups excluding carboxylic acids is 5. The van der Waals surface area contributed by atoms with E-state index in [1.165, 1.54) is 0 Å². The maximum absolute atomic E-state index is 13.3. The molecule has 0 fully saturated rings. The van der Waals surface area contributed by atoms with Gasteiger partial charge in [-0.15, -0.1) is 0 Å². The maximum atomic E-state index is 13.3. The molecule has 1 heterocycles. The third-order valence-corrected chi connectivity index (χ3v) is 12.2. The van der Waals surface area contributed by atoms with Gasteiger partial charge in [-0.25, -0.2) is 15.4 Å². The first-order valence-corrected chi connectivity index (χ1v) is 26.2. The predicted molar refractivity (Wildman–Crippen MR) is 277 cm³/mol. The minimum atomic E-state index is -0.832. The highest BCUT2D eigenvalue weighted by Crippen LogP contribution is 2.20. The molecule has 388 valence electrons. The molecular weight excluding hydrogens is 1050 g/mol. The molecule has 20 heteroatoms. The van der Waals surface area contributed by atoms with Crippen molar-refractivity contribution in [3.63, 3.8) is 0 Å². The Labute approximate surface area is 433 Å². The molecule has 5 N–H and O–H groups in total. The number of unbranched alkanes of at least 4 members (excludes halogenated alkanes) is 1. The lowest BCUT2D eigenvalue weighted by atomic mass is 9.97. The van der Waals surface area contributed by atoms with Crippen LogP contribution in [0.25, 0.3) is 11.0 Å². The van der Waals surface area contributed by atoms with E-state index in [2.05, 4.69) is 75.5 Å². The lowest BCUT2D eigenvalue weighted by Crippen LogP contribution is -2.50. The quantitative estimate of drug-likeness (QED) is 0.0195. The number of carbonyl (C=O) groups is 5. The first kappa shape index (κ1) is 58.6. The number of fused-ring (bicyclic) bond motifs is 1. The van der Waals surface area contributed by atoms with E-state index in [9.17, 15) is 24.0 Å². The summed E-state index contributed by atoms with van der Waals surface area (Å²) < 4.78 is 27.7. The summed E-state index contributed by atoms with van der Waals surface area (Å²) in [6.07, 6.45) is 3.42. The molecule has 0 spiro atoms. The number of alkyl halides is 2. The highest BCUT2D eigenvalue weighted by atomic mass is 79.9. The normalized spacial score (nSPS) is 12.9. The number of halogens is 2. The van der Waals surface area contributed by atoms with Gasteiger partial charge in [0.25, 0.3) is 11.8 Å². The second kappa shape index (κ2) is 33.7. The summed E-state index contributed by atoms with van der Waals surface area (Å²) in [7, 11) is 1.60. The second-order valence-electron chi connectivity index (χ2n) is 16.6. The molecule has 0 saturated carbocycles. The molecule has 4 rings (SSSR count). The molecule has 0 saturated heterocycles. The summed E-state index contributed by atoms with van der Waals surface area (Å²) in [6, 6.07) is 20.2. The Morgan fingerprint density at radius 3 is 1.94 bits per heavy atom. The summed E-state index contributed by atoms with van der Waals surface area (Å²) >= 11 is 6.87. The zero-order chi connectivity index (χ0) is 51.2. The van der Waals surface area contributed by atoms with E-state index >= 15 is 0 Å². The van der Waals surface area contributed by atoms with Crippen LogP contribution in [0.2, 0.25) is 0 Å². The van der Waals surface area contributed by atoms with Crippen LogP contribution in [0.4, 0.5) is 5.69 Å². The minimum absolute atomic E-state index is 0.0413. The molecule has 0 radical (unpaired) electrons. The van der Waals surface area contributed by atoms with Crippen LogP contribution in [-0.4, -0.2) is 124 Å². The molecule has 5 amide bonds. The van der Waals surface area contributed by atoms with Gasteiger partial charge in [-0.3, -0.25) is 28.8 Å². The number of rotatable bonds is 35. The molecule has 0 aliphatic heterocycles. The third kappa shape index (κ3) is 21.8. The molecule has 18 nitrogen and oxygen atoms in total. The predicted octanol–water partition coefficient (Wildman–Crippen LogP) is 6.26. The van der Waals surface area contributed by atoms with Gasteiger partial charge >= 0.3 is 0 Å². The number of hydrogen-bond acceptors (Lipinski definition) is 13. The molecule has 4 aromatic rings. The average Bonchev–Trinajstić information content (AvgIpc) is 3.38. The molecule has 0 bridgehead atoms. The Morgan fingerprint density at radius 1 is 0.676 bits per heavy atom. The van der Waals surface area contributed by atoms with Crippen molar-refractivity contribution in [2.75, 3.05) is 71.8 Å². The Hall–Kier alpha value is -4.93. The molecule has 71 heavy (non-hydrogen) atoms. The van der Waals surface area contributed by atoms with Gasteiger partial charge in [-0.2, -0.15) is 0 Å². The largest absolute Gasteiger partial charge is 0.381 e. The monoisotopic (exact) mass is 1110 g/mol. The van der Waals surface area contributed by atoms with Gasteiger partial charge in [0.2, 0.25) is 17.7 Å². The van der Waals surface area contributed by atoms with E-state index in [1.54, 1.807) is 56.5 Å². The molecule has 1 aromatic heterocycles. The van der Waals surface area contributed by atoms with Gasteiger partial charge in [0.15, 0.2) is 0 Å². The highest BCUT2D eigenvalue weighted by molar-refractivity contribution is 9.09. The smallest absolute Gasteiger partial charge is 0.266 e. The standard InChI is InChI=1S/C51H69Br2N7O11/c1-5-6-12-46(66-4)35(2)48(62)59-42(19-15-37-10-8-7-9-11-37)51(65)60-71-34-38-13-17-40(18-14-38)56-49(63)36(3)55-47(61)21-23-67-25-27-69-29-30-70-28-26-68-24-22-54-50(64)39-16-20-41-43(31-39)58-45(33-53)44(32-52)57-41/h7-11,13-14,16-18,20,31,35-36,42,46H,5-6,12,15,19,21-30,32-34H2,1-4H3,(H,54,64)(H,55,61)(H,56,63)(H,59,62)(H,60,65)/t35-,36-,42?,46+/m1/s1. The number of hydroxylamine groups is 1. The van der Waals surface area contributed by atoms with Crippen molar-refractivity contribution in [1.82, 2.24) is 31.4 Å². The van der Waals surface area contributed by atoms with Gasteiger partial charge < -0.3 is 45.0 Å². The number of aromatic nitrogens is 2. The lowest BCUT2D eigenvalue weighted by Gasteiger charge is -2.25. The number of hydrogen-bond donors (Lipinski definition) is 5. The number of nitrogens with one attached hydrogen (secondary N) is 5. The second-order valence-corrected chi connectivity index (χ2v) is 17.7. The Morgan fingerprint density at radius 2 is 1.31 bits per heavy atom. The van der Waals surface area contributed by atoms with Crippen LogP contribution in [0.15, 0.2) is 72.8 Å². The highest BCUT2D eigenvalue weighted by Gasteiger charge is 2.28. The molecule has 4 atom stereocenters. The van der Waals surface area contributed by atoms with Crippen molar-refractivity contribution >= 4 is 78.1 Å². The number of ether oxygens (including phenoxy) is 5. The number of aryl methyl sites for hydroxylation is 1. The molecule has 0 aliphatic carbocycles. The molecule has 1 unspecified atom stereocenters. The summed E-state index contributed by atoms with van der Waals surface area (Å²) in [5.41, 5.74) is 8.33. The topological polar surface area (TPSA) is 227 Å². The minimum Gasteiger partial charge on any atom is -0.381 e. The van der Waals surface area contributed by atoms with Gasteiger partial charge in [-0.1, -0.05) is 101 Å². The first-order chi connectivity index (χ1) is 34.5. The van der Waals surface area contributed by atoms with Crippen LogP contribution < -0.4 is 26.7 Å². The van der Waals surface area contributed by atoms with Crippen LogP contribution in [0.5, 0.6) is 0 Å². The summed E-state index contributed by atoms with van der Waals surface area (Å²) in [6.45, 7) is 8.43. The summed E-state index contributed by atoms with van der Waals surface area (Å²) in [5, 5.41) is 12.4. The number of anilines is 1. The molecular formula is C51H69Br2N7O11. The number of nitrogens with zero attached hydrogens (tertiary/aromatic N) is 2. The average molecular weight is 1120 g/mol. The Bertz CT molecular complexity index is 2240. The van der Waals surface area contributed by atoms with Gasteiger partial charge in [0.05, 0.1) is 93.9 Å². The molecule has 3 aromatic carbocycles. The van der Waals surface area contributed by atoms with Crippen molar-refractivity contribution in [2.24, 2.45) is 5.92 Å². The van der Waals surface area contributed by atoms with Crippen molar-refractivity contribution in [1.29, 1.82) is 0 Å². The summed E-state index contributed by atoms with van der Waals surface area (Å²) in [4.78, 5) is 79.2. The zero-order valence-electron chi connectivity index (χ0n) is 41.1. The SMILES string of the molecule is CCCC[C@H](OC)[C@@H](C)C(=O)NC(CCc1ccccc1)C(=O)NOCc1ccc(NC(=O)[C@@H](C)NC(=O)CCOCCOCCOCCOCCNC(=O)c2ccc3nc(CBr)c(CBr)nc3c2)cc1. The van der Waals surface area contributed by atoms with Crippen LogP contribution in [0.3, 0.4) is 0 Å². The van der Waals surface area contributed by atoms with E-state index in [0.29, 0.717) is 86.5 Å². The fourth-order valence-corrected chi connectivity index (χ4v) is 7.90. The number of amides is 5. The van der Waals surface area contributed by atoms with E-state index in [4.69, 9.17) is 28.5 Å². The number of methoxy groups -OCH3 is 1. The first-order valence-electron chi connectivity index (χ1n) is 23.9. The van der Waals surface area contributed by atoms with E-state index < -0.39 is 29.8 Å². The third-order valence-electron chi connectivity index (χ3n) is 11.2. The fraction of sp³-hybridized carbons (Fsp3) is 0.510. The fourth-order valence-electron chi connectivity index (χ4n) is 7.00. The van der Waals surface area contributed by atoms with Crippen molar-refractivity contribution in [3.05, 3.63) is 101 Å². The van der Waals surface area contributed by atoms with E-state index in [-0.39, 0.29) is 50.1 Å². The van der Waals surface area contributed by atoms with E-state index in [1.807, 2.05) is 37.3 Å². The van der Waals surface area contributed by atoms with Crippen LogP contribution in [0.1, 0.15) is 85.7 Å². The van der Waals surface area contributed by atoms with Crippen molar-refractivity contribution < 1.29 is 52.5 Å². The van der Waals surface area contributed by atoms with Crippen LogP contribution in [0, 0.1) is 5.92 Å².